The van der Waals surface area contributed by atoms with Gasteiger partial charge in [0.05, 0.1) is 13.2 Å². The summed E-state index contributed by atoms with van der Waals surface area (Å²) >= 11 is 3.45. The lowest BCUT2D eigenvalue weighted by Crippen LogP contribution is -2.09. The third-order valence-corrected chi connectivity index (χ3v) is 3.94. The van der Waals surface area contributed by atoms with Crippen LogP contribution in [0.25, 0.3) is 0 Å². The number of aliphatic hydroxyl groups excluding tert-OH is 1. The van der Waals surface area contributed by atoms with Crippen molar-refractivity contribution in [3.63, 3.8) is 0 Å². The van der Waals surface area contributed by atoms with Gasteiger partial charge in [-0.05, 0) is 41.5 Å². The molecule has 0 heterocycles. The highest BCUT2D eigenvalue weighted by Gasteiger charge is 2.12. The van der Waals surface area contributed by atoms with Gasteiger partial charge in [-0.1, -0.05) is 28.1 Å². The highest BCUT2D eigenvalue weighted by Crippen LogP contribution is 2.28. The molecule has 0 amide bonds. The van der Waals surface area contributed by atoms with Gasteiger partial charge in [-0.15, -0.1) is 0 Å². The first kappa shape index (κ1) is 15.9. The summed E-state index contributed by atoms with van der Waals surface area (Å²) < 4.78 is 6.33. The Morgan fingerprint density at radius 2 is 1.81 bits per heavy atom. The Morgan fingerprint density at radius 3 is 2.38 bits per heavy atom. The average Bonchev–Trinajstić information content (AvgIpc) is 2.47. The van der Waals surface area contributed by atoms with E-state index in [2.05, 4.69) is 15.9 Å². The van der Waals surface area contributed by atoms with Crippen LogP contribution >= 0.6 is 15.9 Å². The molecule has 112 valence electrons. The fraction of sp³-hybridized carbons (Fsp3) is 0.294. The molecule has 0 spiro atoms. The first-order valence-corrected chi connectivity index (χ1v) is 7.58. The summed E-state index contributed by atoms with van der Waals surface area (Å²) in [7, 11) is 5.64. The third kappa shape index (κ3) is 3.99. The zero-order chi connectivity index (χ0) is 15.4. The molecule has 0 aromatic heterocycles. The molecule has 1 N–H and O–H groups in total. The quantitative estimate of drug-likeness (QED) is 0.890. The lowest BCUT2D eigenvalue weighted by molar-refractivity contribution is 0.177. The molecule has 21 heavy (non-hydrogen) atoms. The highest BCUT2D eigenvalue weighted by molar-refractivity contribution is 9.10. The van der Waals surface area contributed by atoms with Crippen molar-refractivity contribution < 1.29 is 9.84 Å². The topological polar surface area (TPSA) is 32.7 Å². The number of rotatable bonds is 5. The summed E-state index contributed by atoms with van der Waals surface area (Å²) in [4.78, 5) is 2.04. The summed E-state index contributed by atoms with van der Waals surface area (Å²) in [6.45, 7) is 0. The second-order valence-corrected chi connectivity index (χ2v) is 6.08. The van der Waals surface area contributed by atoms with Gasteiger partial charge in [-0.2, -0.15) is 0 Å². The van der Waals surface area contributed by atoms with Crippen LogP contribution in [-0.4, -0.2) is 26.3 Å². The predicted octanol–water partition coefficient (Wildman–Crippen LogP) is 3.80. The van der Waals surface area contributed by atoms with Gasteiger partial charge >= 0.3 is 0 Å². The molecule has 2 rings (SSSR count). The van der Waals surface area contributed by atoms with Crippen molar-refractivity contribution in [3.8, 4) is 5.75 Å². The SMILES string of the molecule is COc1ccc(Br)cc1CC(O)c1ccc(N(C)C)cc1. The van der Waals surface area contributed by atoms with Crippen molar-refractivity contribution in [1.29, 1.82) is 0 Å². The number of methoxy groups -OCH3 is 1. The molecule has 0 aliphatic rings. The van der Waals surface area contributed by atoms with Gasteiger partial charge in [-0.3, -0.25) is 0 Å². The molecule has 0 aliphatic carbocycles. The van der Waals surface area contributed by atoms with Crippen molar-refractivity contribution >= 4 is 21.6 Å². The minimum absolute atomic E-state index is 0.518. The third-order valence-electron chi connectivity index (χ3n) is 3.45. The number of aliphatic hydroxyl groups is 1. The van der Waals surface area contributed by atoms with E-state index in [0.29, 0.717) is 6.42 Å². The van der Waals surface area contributed by atoms with E-state index in [0.717, 1.165) is 27.0 Å². The molecular weight excluding hydrogens is 330 g/mol. The Hall–Kier alpha value is -1.52. The normalized spacial score (nSPS) is 12.0. The van der Waals surface area contributed by atoms with Gasteiger partial charge in [-0.25, -0.2) is 0 Å². The maximum atomic E-state index is 10.4. The number of anilines is 1. The van der Waals surface area contributed by atoms with Gasteiger partial charge in [0.1, 0.15) is 5.75 Å². The highest BCUT2D eigenvalue weighted by atomic mass is 79.9. The van der Waals surface area contributed by atoms with Crippen LogP contribution in [0.5, 0.6) is 5.75 Å². The first-order valence-electron chi connectivity index (χ1n) is 6.79. The largest absolute Gasteiger partial charge is 0.496 e. The molecule has 0 radical (unpaired) electrons. The van der Waals surface area contributed by atoms with Gasteiger partial charge in [0.2, 0.25) is 0 Å². The van der Waals surface area contributed by atoms with Gasteiger partial charge in [0.15, 0.2) is 0 Å². The summed E-state index contributed by atoms with van der Waals surface area (Å²) in [6.07, 6.45) is -0.0337. The van der Waals surface area contributed by atoms with Crippen LogP contribution < -0.4 is 9.64 Å². The van der Waals surface area contributed by atoms with Crippen molar-refractivity contribution in [2.24, 2.45) is 0 Å². The van der Waals surface area contributed by atoms with E-state index in [4.69, 9.17) is 4.74 Å². The molecule has 3 nitrogen and oxygen atoms in total. The number of hydrogen-bond acceptors (Lipinski definition) is 3. The van der Waals surface area contributed by atoms with Crippen LogP contribution in [0.3, 0.4) is 0 Å². The molecule has 1 atom stereocenters. The van der Waals surface area contributed by atoms with E-state index in [1.807, 2.05) is 61.5 Å². The second-order valence-electron chi connectivity index (χ2n) is 5.16. The van der Waals surface area contributed by atoms with Crippen LogP contribution in [0.4, 0.5) is 5.69 Å². The maximum absolute atomic E-state index is 10.4. The average molecular weight is 350 g/mol. The number of hydrogen-bond donors (Lipinski definition) is 1. The van der Waals surface area contributed by atoms with Crippen LogP contribution in [0.15, 0.2) is 46.9 Å². The monoisotopic (exact) mass is 349 g/mol. The summed E-state index contributed by atoms with van der Waals surface area (Å²) in [5, 5.41) is 10.4. The van der Waals surface area contributed by atoms with Gasteiger partial charge in [0, 0.05) is 30.7 Å². The molecule has 2 aromatic rings. The molecule has 2 aromatic carbocycles. The smallest absolute Gasteiger partial charge is 0.122 e. The van der Waals surface area contributed by atoms with E-state index >= 15 is 0 Å². The molecule has 0 saturated carbocycles. The molecule has 0 saturated heterocycles. The zero-order valence-electron chi connectivity index (χ0n) is 12.5. The van der Waals surface area contributed by atoms with Crippen LogP contribution in [-0.2, 0) is 6.42 Å². The molecule has 0 aliphatic heterocycles. The number of nitrogens with zero attached hydrogens (tertiary/aromatic N) is 1. The van der Waals surface area contributed by atoms with Gasteiger partial charge < -0.3 is 14.7 Å². The number of ether oxygens (including phenoxy) is 1. The molecule has 1 unspecified atom stereocenters. The van der Waals surface area contributed by atoms with E-state index in [1.165, 1.54) is 0 Å². The van der Waals surface area contributed by atoms with Crippen molar-refractivity contribution in [2.45, 2.75) is 12.5 Å². The fourth-order valence-corrected chi connectivity index (χ4v) is 2.64. The van der Waals surface area contributed by atoms with E-state index in [-0.39, 0.29) is 0 Å². The summed E-state index contributed by atoms with van der Waals surface area (Å²) in [5.41, 5.74) is 3.00. The standard InChI is InChI=1S/C17H20BrNO2/c1-19(2)15-7-4-12(5-8-15)16(20)11-13-10-14(18)6-9-17(13)21-3/h4-10,16,20H,11H2,1-3H3. The molecule has 0 fully saturated rings. The molecule has 0 bridgehead atoms. The predicted molar refractivity (Wildman–Crippen MR) is 90.1 cm³/mol. The summed E-state index contributed by atoms with van der Waals surface area (Å²) in [6, 6.07) is 13.8. The zero-order valence-corrected chi connectivity index (χ0v) is 14.1. The maximum Gasteiger partial charge on any atom is 0.122 e. The lowest BCUT2D eigenvalue weighted by atomic mass is 10.0. The van der Waals surface area contributed by atoms with Crippen LogP contribution in [0.1, 0.15) is 17.2 Å². The van der Waals surface area contributed by atoms with E-state index < -0.39 is 6.10 Å². The molecule has 4 heteroatoms. The summed E-state index contributed by atoms with van der Waals surface area (Å²) in [5.74, 6) is 0.794. The van der Waals surface area contributed by atoms with Crippen LogP contribution in [0.2, 0.25) is 0 Å². The Balaban J connectivity index is 2.17. The fourth-order valence-electron chi connectivity index (χ4n) is 2.23. The van der Waals surface area contributed by atoms with E-state index in [9.17, 15) is 5.11 Å². The van der Waals surface area contributed by atoms with Gasteiger partial charge in [0.25, 0.3) is 0 Å². The van der Waals surface area contributed by atoms with Crippen molar-refractivity contribution in [2.75, 3.05) is 26.1 Å². The molecular formula is C17H20BrNO2. The van der Waals surface area contributed by atoms with Crippen molar-refractivity contribution in [1.82, 2.24) is 0 Å². The number of benzene rings is 2. The van der Waals surface area contributed by atoms with E-state index in [1.54, 1.807) is 7.11 Å². The number of halogens is 1. The minimum Gasteiger partial charge on any atom is -0.496 e. The Bertz CT molecular complexity index is 596. The minimum atomic E-state index is -0.551. The Kier molecular flexibility index (Phi) is 5.26. The second kappa shape index (κ2) is 6.96. The van der Waals surface area contributed by atoms with Crippen molar-refractivity contribution in [3.05, 3.63) is 58.1 Å². The Labute approximate surface area is 134 Å². The Morgan fingerprint density at radius 1 is 1.14 bits per heavy atom. The first-order chi connectivity index (χ1) is 10.0. The van der Waals surface area contributed by atoms with Crippen LogP contribution in [0, 0.1) is 0 Å². The lowest BCUT2D eigenvalue weighted by Gasteiger charge is -2.16.